The Labute approximate surface area is 137 Å². The van der Waals surface area contributed by atoms with E-state index in [0.29, 0.717) is 11.1 Å². The molecule has 0 saturated carbocycles. The van der Waals surface area contributed by atoms with Crippen LogP contribution >= 0.6 is 15.9 Å². The maximum Gasteiger partial charge on any atom is 0.411 e. The highest BCUT2D eigenvalue weighted by molar-refractivity contribution is 9.11. The van der Waals surface area contributed by atoms with Crippen molar-refractivity contribution < 1.29 is 23.8 Å². The van der Waals surface area contributed by atoms with Crippen LogP contribution < -0.4 is 5.32 Å². The molecule has 0 radical (unpaired) electrons. The second kappa shape index (κ2) is 9.22. The van der Waals surface area contributed by atoms with Gasteiger partial charge in [-0.05, 0) is 12.5 Å². The zero-order valence-corrected chi connectivity index (χ0v) is 14.2. The van der Waals surface area contributed by atoms with Gasteiger partial charge in [0.2, 0.25) is 0 Å². The Bertz CT molecular complexity index is 544. The maximum absolute atomic E-state index is 11.7. The van der Waals surface area contributed by atoms with Crippen molar-refractivity contribution in [3.63, 3.8) is 0 Å². The van der Waals surface area contributed by atoms with Crippen LogP contribution in [0.25, 0.3) is 0 Å². The monoisotopic (exact) mass is 371 g/mol. The molecule has 1 aromatic rings. The van der Waals surface area contributed by atoms with E-state index in [4.69, 9.17) is 4.74 Å². The zero-order chi connectivity index (χ0) is 16.5. The van der Waals surface area contributed by atoms with Crippen LogP contribution in [-0.2, 0) is 25.6 Å². The van der Waals surface area contributed by atoms with Crippen molar-refractivity contribution in [1.82, 2.24) is 5.32 Å². The highest BCUT2D eigenvalue weighted by Gasteiger charge is 2.22. The van der Waals surface area contributed by atoms with Crippen LogP contribution in [0.5, 0.6) is 0 Å². The molecule has 1 amide bonds. The van der Waals surface area contributed by atoms with E-state index in [-0.39, 0.29) is 5.70 Å². The number of amides is 1. The van der Waals surface area contributed by atoms with E-state index in [2.05, 4.69) is 30.7 Å². The number of alkyl carbamates (subject to hydrolysis) is 1. The summed E-state index contributed by atoms with van der Waals surface area (Å²) in [6.07, 6.45) is -1.24. The van der Waals surface area contributed by atoms with Gasteiger partial charge in [-0.25, -0.2) is 9.59 Å². The van der Waals surface area contributed by atoms with Gasteiger partial charge in [0.1, 0.15) is 5.70 Å². The molecule has 1 N–H and O–H groups in total. The van der Waals surface area contributed by atoms with Gasteiger partial charge in [-0.15, -0.1) is 0 Å². The number of rotatable bonds is 6. The molecule has 0 unspecified atom stereocenters. The fraction of sp³-hybridized carbons (Fsp3) is 0.333. The summed E-state index contributed by atoms with van der Waals surface area (Å²) in [6, 6.07) is 9.59. The van der Waals surface area contributed by atoms with E-state index >= 15 is 0 Å². The first-order chi connectivity index (χ1) is 10.5. The molecule has 22 heavy (non-hydrogen) atoms. The Kier molecular flexibility index (Phi) is 7.62. The number of nitrogens with one attached hydrogen (secondary N) is 1. The lowest BCUT2D eigenvalue weighted by atomic mass is 10.2. The molecule has 0 spiro atoms. The van der Waals surface area contributed by atoms with Crippen LogP contribution in [0.4, 0.5) is 4.79 Å². The van der Waals surface area contributed by atoms with Gasteiger partial charge in [0, 0.05) is 0 Å². The van der Waals surface area contributed by atoms with Gasteiger partial charge in [-0.3, -0.25) is 5.32 Å². The van der Waals surface area contributed by atoms with E-state index in [1.54, 1.807) is 6.92 Å². The van der Waals surface area contributed by atoms with Crippen molar-refractivity contribution in [2.75, 3.05) is 14.2 Å². The summed E-state index contributed by atoms with van der Waals surface area (Å²) in [5.41, 5.74) is 0.935. The topological polar surface area (TPSA) is 73.9 Å². The van der Waals surface area contributed by atoms with Crippen molar-refractivity contribution in [2.24, 2.45) is 0 Å². The van der Waals surface area contributed by atoms with Crippen LogP contribution in [0.2, 0.25) is 0 Å². The van der Waals surface area contributed by atoms with Gasteiger partial charge in [0.25, 0.3) is 0 Å². The molecule has 0 heterocycles. The molecule has 0 fully saturated rings. The van der Waals surface area contributed by atoms with Crippen LogP contribution in [-0.4, -0.2) is 32.4 Å². The highest BCUT2D eigenvalue weighted by atomic mass is 79.9. The number of hydrogen-bond donors (Lipinski definition) is 1. The number of ether oxygens (including phenoxy) is 3. The third kappa shape index (κ3) is 5.50. The molecule has 0 aromatic heterocycles. The molecular weight excluding hydrogens is 354 g/mol. The first-order valence-electron chi connectivity index (χ1n) is 6.48. The Morgan fingerprint density at radius 3 is 2.36 bits per heavy atom. The minimum Gasteiger partial charge on any atom is -0.464 e. The minimum atomic E-state index is -0.771. The van der Waals surface area contributed by atoms with E-state index in [1.807, 2.05) is 30.3 Å². The molecule has 0 aliphatic carbocycles. The number of hydrogen-bond acceptors (Lipinski definition) is 5. The molecule has 1 rings (SSSR count). The lowest BCUT2D eigenvalue weighted by molar-refractivity contribution is -0.136. The predicted molar refractivity (Wildman–Crippen MR) is 84.2 cm³/mol. The van der Waals surface area contributed by atoms with Crippen molar-refractivity contribution in [2.45, 2.75) is 19.6 Å². The largest absolute Gasteiger partial charge is 0.464 e. The summed E-state index contributed by atoms with van der Waals surface area (Å²) in [7, 11) is 2.42. The number of carbonyl (C=O) groups is 2. The van der Waals surface area contributed by atoms with Gasteiger partial charge in [-0.2, -0.15) is 0 Å². The van der Waals surface area contributed by atoms with E-state index in [0.717, 1.165) is 5.56 Å². The summed E-state index contributed by atoms with van der Waals surface area (Å²) >= 11 is 3.27. The van der Waals surface area contributed by atoms with E-state index in [9.17, 15) is 9.59 Å². The fourth-order valence-corrected chi connectivity index (χ4v) is 1.93. The Morgan fingerprint density at radius 2 is 1.82 bits per heavy atom. The smallest absolute Gasteiger partial charge is 0.411 e. The SMILES string of the molecule is COC(=O)N/C(C(=O)OC)=C(\Br)[C@H](C)OCc1ccccc1. The van der Waals surface area contributed by atoms with Crippen molar-refractivity contribution in [1.29, 1.82) is 0 Å². The van der Waals surface area contributed by atoms with E-state index in [1.165, 1.54) is 14.2 Å². The summed E-state index contributed by atoms with van der Waals surface area (Å²) in [5.74, 6) is -0.701. The molecule has 6 nitrogen and oxygen atoms in total. The van der Waals surface area contributed by atoms with E-state index < -0.39 is 18.2 Å². The number of carbonyl (C=O) groups excluding carboxylic acids is 2. The van der Waals surface area contributed by atoms with Gasteiger partial charge >= 0.3 is 12.1 Å². The number of esters is 1. The second-order valence-electron chi connectivity index (χ2n) is 4.27. The molecule has 0 bridgehead atoms. The molecule has 1 atom stereocenters. The summed E-state index contributed by atoms with van der Waals surface area (Å²) in [5, 5.41) is 2.31. The predicted octanol–water partition coefficient (Wildman–Crippen LogP) is 2.73. The Hall–Kier alpha value is -1.86. The summed E-state index contributed by atoms with van der Waals surface area (Å²) in [4.78, 5) is 23.1. The quantitative estimate of drug-likeness (QED) is 0.614. The third-order valence-electron chi connectivity index (χ3n) is 2.74. The van der Waals surface area contributed by atoms with Gasteiger partial charge in [0.15, 0.2) is 0 Å². The molecule has 0 aliphatic heterocycles. The molecule has 0 aliphatic rings. The lowest BCUT2D eigenvalue weighted by Gasteiger charge is -2.16. The Balaban J connectivity index is 2.82. The molecule has 7 heteroatoms. The number of benzene rings is 1. The second-order valence-corrected chi connectivity index (χ2v) is 5.12. The molecular formula is C15H18BrNO5. The van der Waals surface area contributed by atoms with Crippen molar-refractivity contribution >= 4 is 28.0 Å². The molecule has 0 saturated heterocycles. The molecule has 1 aromatic carbocycles. The first-order valence-corrected chi connectivity index (χ1v) is 7.27. The highest BCUT2D eigenvalue weighted by Crippen LogP contribution is 2.20. The molecule has 120 valence electrons. The Morgan fingerprint density at radius 1 is 1.18 bits per heavy atom. The number of halogens is 1. The third-order valence-corrected chi connectivity index (χ3v) is 3.78. The van der Waals surface area contributed by atoms with Crippen molar-refractivity contribution in [3.05, 3.63) is 46.1 Å². The average Bonchev–Trinajstić information content (AvgIpc) is 2.56. The van der Waals surface area contributed by atoms with Crippen LogP contribution in [0, 0.1) is 0 Å². The van der Waals surface area contributed by atoms with Gasteiger partial charge in [-0.1, -0.05) is 46.3 Å². The van der Waals surface area contributed by atoms with Crippen LogP contribution in [0.15, 0.2) is 40.5 Å². The first kappa shape index (κ1) is 18.2. The van der Waals surface area contributed by atoms with Crippen molar-refractivity contribution in [3.8, 4) is 0 Å². The maximum atomic E-state index is 11.7. The summed E-state index contributed by atoms with van der Waals surface area (Å²) < 4.78 is 15.2. The fourth-order valence-electron chi connectivity index (χ4n) is 1.54. The zero-order valence-electron chi connectivity index (χ0n) is 12.6. The summed E-state index contributed by atoms with van der Waals surface area (Å²) in [6.45, 7) is 2.11. The van der Waals surface area contributed by atoms with Crippen LogP contribution in [0.1, 0.15) is 12.5 Å². The van der Waals surface area contributed by atoms with Gasteiger partial charge in [0.05, 0.1) is 31.4 Å². The standard InChI is InChI=1S/C15H18BrNO5/c1-10(22-9-11-7-5-4-6-8-11)12(16)13(14(18)20-2)17-15(19)21-3/h4-8,10H,9H2,1-3H3,(H,17,19)/b13-12-/t10-/m0/s1. The number of methoxy groups -OCH3 is 2. The van der Waals surface area contributed by atoms with Gasteiger partial charge < -0.3 is 14.2 Å². The minimum absolute atomic E-state index is 0.0603. The normalized spacial score (nSPS) is 12.9. The van der Waals surface area contributed by atoms with Crippen LogP contribution in [0.3, 0.4) is 0 Å². The lowest BCUT2D eigenvalue weighted by Crippen LogP contribution is -2.30. The average molecular weight is 372 g/mol.